The maximum atomic E-state index is 12.5. The van der Waals surface area contributed by atoms with E-state index in [9.17, 15) is 9.59 Å². The number of hydrogen-bond donors (Lipinski definition) is 0. The highest BCUT2D eigenvalue weighted by atomic mass is 16.6. The van der Waals surface area contributed by atoms with Gasteiger partial charge in [-0.25, -0.2) is 9.59 Å². The van der Waals surface area contributed by atoms with Crippen molar-refractivity contribution in [1.82, 2.24) is 9.30 Å². The zero-order valence-corrected chi connectivity index (χ0v) is 15.0. The van der Waals surface area contributed by atoms with Crippen molar-refractivity contribution in [2.45, 2.75) is 6.92 Å². The first kappa shape index (κ1) is 17.4. The molecule has 0 radical (unpaired) electrons. The summed E-state index contributed by atoms with van der Waals surface area (Å²) in [5.41, 5.74) is 2.07. The standard InChI is InChI=1S/C20H20N2O5/c1-2-26-19(23)18-15-5-3-4-6-16(15)22-13-14(7-8-17(18)22)27-20(24)21-9-11-25-12-10-21/h3-8,13H,2,9-12H2,1H3. The Morgan fingerprint density at radius 3 is 2.63 bits per heavy atom. The first-order valence-corrected chi connectivity index (χ1v) is 8.93. The normalized spacial score (nSPS) is 14.5. The van der Waals surface area contributed by atoms with Gasteiger partial charge >= 0.3 is 12.1 Å². The minimum Gasteiger partial charge on any atom is -0.462 e. The summed E-state index contributed by atoms with van der Waals surface area (Å²) in [6.07, 6.45) is 1.32. The van der Waals surface area contributed by atoms with Crippen molar-refractivity contribution >= 4 is 28.5 Å². The van der Waals surface area contributed by atoms with Crippen LogP contribution in [0.5, 0.6) is 5.75 Å². The molecule has 0 aliphatic carbocycles. The highest BCUT2D eigenvalue weighted by molar-refractivity contribution is 6.11. The zero-order chi connectivity index (χ0) is 18.8. The minimum atomic E-state index is -0.403. The molecule has 0 bridgehead atoms. The van der Waals surface area contributed by atoms with Crippen LogP contribution in [0.15, 0.2) is 42.6 Å². The molecule has 3 aromatic rings. The molecule has 27 heavy (non-hydrogen) atoms. The largest absolute Gasteiger partial charge is 0.462 e. The third-order valence-electron chi connectivity index (χ3n) is 4.56. The number of carbonyl (C=O) groups is 2. The molecule has 7 heteroatoms. The predicted octanol–water partition coefficient (Wildman–Crippen LogP) is 3.10. The Balaban J connectivity index is 1.73. The third kappa shape index (κ3) is 3.21. The lowest BCUT2D eigenvalue weighted by Gasteiger charge is -2.25. The minimum absolute atomic E-state index is 0.305. The van der Waals surface area contributed by atoms with Gasteiger partial charge in [0.15, 0.2) is 0 Å². The zero-order valence-electron chi connectivity index (χ0n) is 15.0. The lowest BCUT2D eigenvalue weighted by atomic mass is 10.1. The molecule has 1 aliphatic rings. The average Bonchev–Trinajstić information content (AvgIpc) is 3.03. The summed E-state index contributed by atoms with van der Waals surface area (Å²) in [6, 6.07) is 11.0. The van der Waals surface area contributed by atoms with Crippen molar-refractivity contribution < 1.29 is 23.8 Å². The van der Waals surface area contributed by atoms with Gasteiger partial charge in [0, 0.05) is 18.5 Å². The molecular weight excluding hydrogens is 348 g/mol. The predicted molar refractivity (Wildman–Crippen MR) is 99.3 cm³/mol. The van der Waals surface area contributed by atoms with E-state index in [2.05, 4.69) is 0 Å². The second-order valence-corrected chi connectivity index (χ2v) is 6.20. The molecule has 2 aromatic heterocycles. The van der Waals surface area contributed by atoms with Crippen LogP contribution in [0.25, 0.3) is 16.4 Å². The van der Waals surface area contributed by atoms with Gasteiger partial charge in [-0.05, 0) is 25.1 Å². The van der Waals surface area contributed by atoms with Crippen LogP contribution in [0.3, 0.4) is 0 Å². The van der Waals surface area contributed by atoms with Crippen molar-refractivity contribution in [3.05, 3.63) is 48.2 Å². The fraction of sp³-hybridized carbons (Fsp3) is 0.300. The number of aromatic nitrogens is 1. The summed E-state index contributed by atoms with van der Waals surface area (Å²) in [4.78, 5) is 26.4. The smallest absolute Gasteiger partial charge is 0.415 e. The van der Waals surface area contributed by atoms with E-state index in [0.29, 0.717) is 49.7 Å². The quantitative estimate of drug-likeness (QED) is 0.665. The van der Waals surface area contributed by atoms with Crippen LogP contribution >= 0.6 is 0 Å². The maximum Gasteiger partial charge on any atom is 0.415 e. The summed E-state index contributed by atoms with van der Waals surface area (Å²) >= 11 is 0. The Morgan fingerprint density at radius 1 is 1.07 bits per heavy atom. The van der Waals surface area contributed by atoms with Crippen LogP contribution in [0.4, 0.5) is 4.79 Å². The molecule has 7 nitrogen and oxygen atoms in total. The van der Waals surface area contributed by atoms with Crippen molar-refractivity contribution in [2.24, 2.45) is 0 Å². The highest BCUT2D eigenvalue weighted by Crippen LogP contribution is 2.29. The number of benzene rings is 1. The number of morpholine rings is 1. The molecule has 1 aromatic carbocycles. The topological polar surface area (TPSA) is 69.5 Å². The van der Waals surface area contributed by atoms with Crippen molar-refractivity contribution in [3.8, 4) is 5.75 Å². The van der Waals surface area contributed by atoms with Gasteiger partial charge in [0.25, 0.3) is 0 Å². The number of amides is 1. The molecular formula is C20H20N2O5. The van der Waals surface area contributed by atoms with Gasteiger partial charge in [0.05, 0.1) is 42.6 Å². The summed E-state index contributed by atoms with van der Waals surface area (Å²) in [5, 5.41) is 0.799. The number of para-hydroxylation sites is 1. The molecule has 1 saturated heterocycles. The number of nitrogens with zero attached hydrogens (tertiary/aromatic N) is 2. The van der Waals surface area contributed by atoms with Crippen molar-refractivity contribution in [2.75, 3.05) is 32.9 Å². The SMILES string of the molecule is CCOC(=O)c1c2ccccc2n2cc(OC(=O)N3CCOCC3)ccc12. The third-order valence-corrected chi connectivity index (χ3v) is 4.56. The molecule has 1 aliphatic heterocycles. The molecule has 0 unspecified atom stereocenters. The first-order chi connectivity index (χ1) is 13.2. The molecule has 4 rings (SSSR count). The van der Waals surface area contributed by atoms with Crippen LogP contribution in [0.1, 0.15) is 17.3 Å². The summed E-state index contributed by atoms with van der Waals surface area (Å²) in [5.74, 6) is 0.0458. The Hall–Kier alpha value is -3.06. The van der Waals surface area contributed by atoms with Crippen molar-refractivity contribution in [3.63, 3.8) is 0 Å². The van der Waals surface area contributed by atoms with E-state index in [0.717, 1.165) is 10.9 Å². The first-order valence-electron chi connectivity index (χ1n) is 8.93. The molecule has 1 fully saturated rings. The van der Waals surface area contributed by atoms with Gasteiger partial charge in [0.2, 0.25) is 0 Å². The fourth-order valence-corrected chi connectivity index (χ4v) is 3.31. The molecule has 140 valence electrons. The highest BCUT2D eigenvalue weighted by Gasteiger charge is 2.21. The van der Waals surface area contributed by atoms with E-state index < -0.39 is 6.09 Å². The van der Waals surface area contributed by atoms with Crippen LogP contribution in [-0.4, -0.2) is 54.3 Å². The van der Waals surface area contributed by atoms with Gasteiger partial charge < -0.3 is 23.5 Å². The monoisotopic (exact) mass is 368 g/mol. The van der Waals surface area contributed by atoms with Gasteiger partial charge in [-0.1, -0.05) is 18.2 Å². The van der Waals surface area contributed by atoms with E-state index in [1.807, 2.05) is 28.7 Å². The summed E-state index contributed by atoms with van der Waals surface area (Å²) in [6.45, 7) is 4.14. The molecule has 0 N–H and O–H groups in total. The van der Waals surface area contributed by atoms with Crippen LogP contribution in [-0.2, 0) is 9.47 Å². The van der Waals surface area contributed by atoms with Gasteiger partial charge in [-0.2, -0.15) is 0 Å². The lowest BCUT2D eigenvalue weighted by molar-refractivity contribution is 0.0415. The Bertz CT molecular complexity index is 1000. The molecule has 3 heterocycles. The maximum absolute atomic E-state index is 12.5. The Morgan fingerprint density at radius 2 is 1.85 bits per heavy atom. The molecule has 0 atom stereocenters. The summed E-state index contributed by atoms with van der Waals surface area (Å²) < 4.78 is 17.8. The summed E-state index contributed by atoms with van der Waals surface area (Å²) in [7, 11) is 0. The van der Waals surface area contributed by atoms with Crippen LogP contribution in [0, 0.1) is 0 Å². The number of hydrogen-bond acceptors (Lipinski definition) is 5. The van der Waals surface area contributed by atoms with Crippen LogP contribution < -0.4 is 4.74 Å². The van der Waals surface area contributed by atoms with Gasteiger partial charge in [-0.15, -0.1) is 0 Å². The lowest BCUT2D eigenvalue weighted by Crippen LogP contribution is -2.42. The molecule has 0 spiro atoms. The molecule has 1 amide bonds. The number of fused-ring (bicyclic) bond motifs is 3. The number of ether oxygens (including phenoxy) is 3. The number of rotatable bonds is 3. The van der Waals surface area contributed by atoms with E-state index >= 15 is 0 Å². The number of carbonyl (C=O) groups excluding carboxylic acids is 2. The second-order valence-electron chi connectivity index (χ2n) is 6.20. The van der Waals surface area contributed by atoms with Gasteiger partial charge in [-0.3, -0.25) is 0 Å². The Kier molecular flexibility index (Phi) is 4.68. The Labute approximate surface area is 156 Å². The fourth-order valence-electron chi connectivity index (χ4n) is 3.31. The second kappa shape index (κ2) is 7.28. The van der Waals surface area contributed by atoms with E-state index in [1.54, 1.807) is 30.2 Å². The van der Waals surface area contributed by atoms with Gasteiger partial charge in [0.1, 0.15) is 5.75 Å². The van der Waals surface area contributed by atoms with Crippen molar-refractivity contribution in [1.29, 1.82) is 0 Å². The van der Waals surface area contributed by atoms with Crippen LogP contribution in [0.2, 0.25) is 0 Å². The van der Waals surface area contributed by atoms with E-state index in [-0.39, 0.29) is 5.97 Å². The number of pyridine rings is 1. The van der Waals surface area contributed by atoms with E-state index in [4.69, 9.17) is 14.2 Å². The number of esters is 1. The molecule has 0 saturated carbocycles. The average molecular weight is 368 g/mol. The van der Waals surface area contributed by atoms with E-state index in [1.165, 1.54) is 0 Å².